The number of anilines is 1. The number of hydrogen-bond donors (Lipinski definition) is 0. The van der Waals surface area contributed by atoms with Gasteiger partial charge in [-0.2, -0.15) is 10.1 Å². The van der Waals surface area contributed by atoms with Crippen LogP contribution < -0.4 is 34.6 Å². The predicted octanol–water partition coefficient (Wildman–Crippen LogP) is -2.03. The summed E-state index contributed by atoms with van der Waals surface area (Å²) >= 11 is 0. The summed E-state index contributed by atoms with van der Waals surface area (Å²) in [6, 6.07) is 3.54. The zero-order valence-electron chi connectivity index (χ0n) is 10.7. The normalized spacial score (nSPS) is 17.4. The van der Waals surface area contributed by atoms with Gasteiger partial charge in [0.2, 0.25) is 0 Å². The maximum atomic E-state index is 11.8. The largest absolute Gasteiger partial charge is 1.00 e. The maximum absolute atomic E-state index is 11.8. The Balaban J connectivity index is 0.00000200. The van der Waals surface area contributed by atoms with Crippen LogP contribution in [0.15, 0.2) is 29.4 Å². The number of benzene rings is 1. The van der Waals surface area contributed by atoms with Crippen LogP contribution in [0.25, 0.3) is 0 Å². The molecule has 1 aromatic rings. The molecule has 0 radical (unpaired) electrons. The average Bonchev–Trinajstić information content (AvgIpc) is 2.65. The van der Waals surface area contributed by atoms with Gasteiger partial charge in [0.15, 0.2) is 0 Å². The number of carbonyl (C=O) groups is 1. The second-order valence-electron chi connectivity index (χ2n) is 3.85. The molecule has 0 fully saturated rings. The quantitative estimate of drug-likeness (QED) is 0.360. The zero-order chi connectivity index (χ0) is 14.2. The number of non-ortho nitro benzene ring substituents is 1. The fraction of sp³-hybridized carbons (Fsp3) is 0.200. The van der Waals surface area contributed by atoms with Crippen LogP contribution in [0.2, 0.25) is 0 Å². The molecule has 0 N–H and O–H groups in total. The molecule has 0 saturated carbocycles. The summed E-state index contributed by atoms with van der Waals surface area (Å²) in [5.41, 5.74) is 0.189. The Morgan fingerprint density at radius 1 is 1.20 bits per heavy atom. The van der Waals surface area contributed by atoms with Crippen LogP contribution in [-0.2, 0) is 4.79 Å². The van der Waals surface area contributed by atoms with Gasteiger partial charge in [0.25, 0.3) is 5.69 Å². The Morgan fingerprint density at radius 2 is 1.75 bits per heavy atom. The molecule has 10 heteroatoms. The molecule has 1 aliphatic rings. The molecular formula is C10H8N4NaO5+. The number of carbonyl (C=O) groups excluding carboxylic acids is 1. The fourth-order valence-electron chi connectivity index (χ4n) is 1.70. The van der Waals surface area contributed by atoms with Crippen molar-refractivity contribution in [1.82, 2.24) is 0 Å². The van der Waals surface area contributed by atoms with E-state index >= 15 is 0 Å². The minimum Gasteiger partial charge on any atom is -0.264 e. The molecule has 0 saturated heterocycles. The summed E-state index contributed by atoms with van der Waals surface area (Å²) in [5.74, 6) is -0.781. The van der Waals surface area contributed by atoms with Crippen LogP contribution in [0.3, 0.4) is 0 Å². The minimum absolute atomic E-state index is 0. The molecule has 9 nitrogen and oxygen atoms in total. The van der Waals surface area contributed by atoms with Crippen molar-refractivity contribution in [3.05, 3.63) is 44.5 Å². The number of hydrogen-bond acceptors (Lipinski definition) is 6. The van der Waals surface area contributed by atoms with E-state index in [0.29, 0.717) is 0 Å². The zero-order valence-corrected chi connectivity index (χ0v) is 12.7. The Morgan fingerprint density at radius 3 is 2.15 bits per heavy atom. The number of rotatable bonds is 3. The first kappa shape index (κ1) is 16.2. The van der Waals surface area contributed by atoms with E-state index in [1.807, 2.05) is 0 Å². The first-order chi connectivity index (χ1) is 8.91. The molecule has 0 aliphatic carbocycles. The summed E-state index contributed by atoms with van der Waals surface area (Å²) in [6.07, 6.45) is 0. The number of nitro benzene ring substituents is 1. The molecule has 1 amide bonds. The topological polar surface area (TPSA) is 119 Å². The monoisotopic (exact) mass is 287 g/mol. The van der Waals surface area contributed by atoms with Crippen LogP contribution in [0.1, 0.15) is 6.92 Å². The van der Waals surface area contributed by atoms with Gasteiger partial charge in [-0.1, -0.05) is 0 Å². The Hall–Kier alpha value is -1.84. The Kier molecular flexibility index (Phi) is 4.93. The molecule has 2 rings (SSSR count). The van der Waals surface area contributed by atoms with Gasteiger partial charge in [-0.25, -0.2) is 0 Å². The number of nitrogens with zero attached hydrogens (tertiary/aromatic N) is 4. The molecule has 1 aliphatic heterocycles. The summed E-state index contributed by atoms with van der Waals surface area (Å²) < 4.78 is 0. The predicted molar refractivity (Wildman–Crippen MR) is 64.5 cm³/mol. The maximum Gasteiger partial charge on any atom is 1.00 e. The van der Waals surface area contributed by atoms with Crippen LogP contribution in [0.4, 0.5) is 11.4 Å². The van der Waals surface area contributed by atoms with Gasteiger partial charge in [-0.15, -0.1) is 0 Å². The van der Waals surface area contributed by atoms with Gasteiger partial charge < -0.3 is 0 Å². The van der Waals surface area contributed by atoms with Crippen LogP contribution in [0, 0.1) is 20.2 Å². The average molecular weight is 287 g/mol. The van der Waals surface area contributed by atoms with Gasteiger partial charge >= 0.3 is 41.5 Å². The third kappa shape index (κ3) is 2.84. The van der Waals surface area contributed by atoms with Crippen molar-refractivity contribution in [2.24, 2.45) is 5.10 Å². The van der Waals surface area contributed by atoms with Crippen molar-refractivity contribution in [2.75, 3.05) is 5.01 Å². The molecule has 1 heterocycles. The van der Waals surface area contributed by atoms with E-state index in [0.717, 1.165) is 5.01 Å². The number of nitro groups is 2. The molecule has 98 valence electrons. The van der Waals surface area contributed by atoms with Crippen molar-refractivity contribution in [1.29, 1.82) is 0 Å². The molecule has 0 aromatic heterocycles. The van der Waals surface area contributed by atoms with Crippen LogP contribution >= 0.6 is 0 Å². The van der Waals surface area contributed by atoms with Crippen molar-refractivity contribution >= 4 is 23.0 Å². The van der Waals surface area contributed by atoms with Crippen molar-refractivity contribution in [3.63, 3.8) is 0 Å². The van der Waals surface area contributed by atoms with Gasteiger partial charge in [-0.05, 0) is 19.1 Å². The molecule has 1 unspecified atom stereocenters. The summed E-state index contributed by atoms with van der Waals surface area (Å²) in [7, 11) is 0. The molecule has 1 atom stereocenters. The van der Waals surface area contributed by atoms with E-state index in [-0.39, 0.29) is 46.6 Å². The first-order valence-corrected chi connectivity index (χ1v) is 5.19. The first-order valence-electron chi connectivity index (χ1n) is 5.19. The Labute approximate surface area is 134 Å². The summed E-state index contributed by atoms with van der Waals surface area (Å²) in [5, 5.41) is 25.9. The second-order valence-corrected chi connectivity index (χ2v) is 3.85. The van der Waals surface area contributed by atoms with Crippen molar-refractivity contribution < 1.29 is 44.2 Å². The second kappa shape index (κ2) is 6.07. The van der Waals surface area contributed by atoms with Crippen LogP contribution in [0.5, 0.6) is 0 Å². The van der Waals surface area contributed by atoms with E-state index in [4.69, 9.17) is 0 Å². The van der Waals surface area contributed by atoms with Gasteiger partial charge in [-0.3, -0.25) is 25.0 Å². The van der Waals surface area contributed by atoms with E-state index in [9.17, 15) is 25.0 Å². The van der Waals surface area contributed by atoms with Gasteiger partial charge in [0, 0.05) is 17.1 Å². The smallest absolute Gasteiger partial charge is 0.264 e. The molecular weight excluding hydrogens is 279 g/mol. The van der Waals surface area contributed by atoms with Gasteiger partial charge in [0.1, 0.15) is 5.71 Å². The van der Waals surface area contributed by atoms with E-state index in [1.165, 1.54) is 31.2 Å². The van der Waals surface area contributed by atoms with Crippen molar-refractivity contribution in [3.8, 4) is 0 Å². The molecule has 20 heavy (non-hydrogen) atoms. The van der Waals surface area contributed by atoms with Crippen molar-refractivity contribution in [2.45, 2.75) is 13.0 Å². The van der Waals surface area contributed by atoms with Crippen LogP contribution in [-0.4, -0.2) is 27.5 Å². The van der Waals surface area contributed by atoms with E-state index < -0.39 is 21.8 Å². The van der Waals surface area contributed by atoms with E-state index in [1.54, 1.807) is 0 Å². The SMILES string of the molecule is CC1=NN(c2ccc([N+](=O)[O-])cc2)C(=O)C1[N+](=O)[O-].[Na+]. The Bertz CT molecular complexity index is 600. The standard InChI is InChI=1S/C10H8N4O5.Na/c1-6-9(14(18)19)10(15)12(11-6)7-2-4-8(5-3-7)13(16)17;/h2-5,9H,1H3;/q;+1. The minimum atomic E-state index is -1.49. The molecule has 1 aromatic carbocycles. The number of hydrazone groups is 1. The third-order valence-electron chi connectivity index (χ3n) is 2.61. The fourth-order valence-corrected chi connectivity index (χ4v) is 1.70. The number of amides is 1. The molecule has 0 bridgehead atoms. The van der Waals surface area contributed by atoms with Gasteiger partial charge in [0.05, 0.1) is 10.6 Å². The summed E-state index contributed by atoms with van der Waals surface area (Å²) in [4.78, 5) is 31.7. The third-order valence-corrected chi connectivity index (χ3v) is 2.61. The molecule has 0 spiro atoms. The summed E-state index contributed by atoms with van der Waals surface area (Å²) in [6.45, 7) is 1.39. The van der Waals surface area contributed by atoms with E-state index in [2.05, 4.69) is 5.10 Å².